The Kier molecular flexibility index (Phi) is 6.40. The molecule has 0 bridgehead atoms. The summed E-state index contributed by atoms with van der Waals surface area (Å²) in [6, 6.07) is 9.37. The number of hydrogen-bond acceptors (Lipinski definition) is 3. The van der Waals surface area contributed by atoms with E-state index in [4.69, 9.17) is 9.84 Å². The first-order valence-electron chi connectivity index (χ1n) is 7.80. The van der Waals surface area contributed by atoms with Crippen LogP contribution in [0.25, 0.3) is 0 Å². The molecule has 0 aliphatic heterocycles. The second-order valence-electron chi connectivity index (χ2n) is 5.67. The number of rotatable bonds is 10. The van der Waals surface area contributed by atoms with Crippen molar-refractivity contribution in [3.8, 4) is 0 Å². The van der Waals surface area contributed by atoms with Crippen LogP contribution in [0.5, 0.6) is 0 Å². The first-order valence-corrected chi connectivity index (χ1v) is 7.80. The van der Waals surface area contributed by atoms with Crippen LogP contribution in [0.2, 0.25) is 0 Å². The molecule has 1 fully saturated rings. The predicted molar refractivity (Wildman–Crippen MR) is 82.5 cm³/mol. The van der Waals surface area contributed by atoms with Gasteiger partial charge in [-0.1, -0.05) is 30.3 Å². The van der Waals surface area contributed by atoms with E-state index in [0.717, 1.165) is 19.3 Å². The van der Waals surface area contributed by atoms with Gasteiger partial charge in [-0.3, -0.25) is 4.79 Å². The molecule has 5 heteroatoms. The Labute approximate surface area is 130 Å². The fourth-order valence-electron chi connectivity index (χ4n) is 2.33. The van der Waals surface area contributed by atoms with Crippen molar-refractivity contribution >= 4 is 11.9 Å². The van der Waals surface area contributed by atoms with E-state index in [1.165, 1.54) is 5.56 Å². The van der Waals surface area contributed by atoms with Gasteiger partial charge in [0.2, 0.25) is 5.91 Å². The lowest BCUT2D eigenvalue weighted by molar-refractivity contribution is -0.142. The zero-order valence-electron chi connectivity index (χ0n) is 12.7. The zero-order valence-corrected chi connectivity index (χ0v) is 12.7. The summed E-state index contributed by atoms with van der Waals surface area (Å²) in [7, 11) is 0. The standard InChI is InChI=1S/C17H23NO4/c19-15(18-16(17(20)21)14-8-9-14)7-4-11-22-12-10-13-5-2-1-3-6-13/h1-3,5-6,14,16H,4,7-12H2,(H,18,19)(H,20,21). The van der Waals surface area contributed by atoms with E-state index in [1.54, 1.807) is 0 Å². The lowest BCUT2D eigenvalue weighted by Crippen LogP contribution is -2.42. The quantitative estimate of drug-likeness (QED) is 0.648. The molecule has 1 unspecified atom stereocenters. The Morgan fingerprint density at radius 1 is 1.23 bits per heavy atom. The molecule has 22 heavy (non-hydrogen) atoms. The topological polar surface area (TPSA) is 75.6 Å². The molecule has 1 aliphatic rings. The molecule has 1 saturated carbocycles. The minimum Gasteiger partial charge on any atom is -0.480 e. The highest BCUT2D eigenvalue weighted by atomic mass is 16.5. The van der Waals surface area contributed by atoms with Crippen LogP contribution in [0, 0.1) is 5.92 Å². The molecule has 2 N–H and O–H groups in total. The smallest absolute Gasteiger partial charge is 0.326 e. The van der Waals surface area contributed by atoms with Crippen molar-refractivity contribution in [2.24, 2.45) is 5.92 Å². The first kappa shape index (κ1) is 16.5. The maximum Gasteiger partial charge on any atom is 0.326 e. The summed E-state index contributed by atoms with van der Waals surface area (Å²) < 4.78 is 5.50. The minimum absolute atomic E-state index is 0.114. The van der Waals surface area contributed by atoms with Crippen molar-refractivity contribution in [3.63, 3.8) is 0 Å². The summed E-state index contributed by atoms with van der Waals surface area (Å²) in [5, 5.41) is 11.6. The van der Waals surface area contributed by atoms with Gasteiger partial charge in [0.15, 0.2) is 0 Å². The van der Waals surface area contributed by atoms with Crippen LogP contribution in [0.3, 0.4) is 0 Å². The van der Waals surface area contributed by atoms with Crippen LogP contribution in [-0.4, -0.2) is 36.2 Å². The Hall–Kier alpha value is -1.88. The van der Waals surface area contributed by atoms with Crippen molar-refractivity contribution in [1.82, 2.24) is 5.32 Å². The molecule has 5 nitrogen and oxygen atoms in total. The minimum atomic E-state index is -0.935. The van der Waals surface area contributed by atoms with Crippen LogP contribution < -0.4 is 5.32 Å². The molecule has 1 aromatic rings. The number of carbonyl (C=O) groups is 2. The third kappa shape index (κ3) is 5.85. The van der Waals surface area contributed by atoms with Gasteiger partial charge in [-0.05, 0) is 37.2 Å². The van der Waals surface area contributed by atoms with Crippen LogP contribution in [0.15, 0.2) is 30.3 Å². The number of aliphatic carboxylic acids is 1. The lowest BCUT2D eigenvalue weighted by Gasteiger charge is -2.13. The van der Waals surface area contributed by atoms with E-state index in [9.17, 15) is 9.59 Å². The van der Waals surface area contributed by atoms with Gasteiger partial charge in [0.25, 0.3) is 0 Å². The summed E-state index contributed by atoms with van der Waals surface area (Å²) in [5.74, 6) is -1.02. The average molecular weight is 305 g/mol. The van der Waals surface area contributed by atoms with E-state index >= 15 is 0 Å². The number of ether oxygens (including phenoxy) is 1. The van der Waals surface area contributed by atoms with Gasteiger partial charge in [-0.2, -0.15) is 0 Å². The summed E-state index contributed by atoms with van der Waals surface area (Å²) >= 11 is 0. The van der Waals surface area contributed by atoms with Crippen molar-refractivity contribution in [2.75, 3.05) is 13.2 Å². The highest BCUT2D eigenvalue weighted by Gasteiger charge is 2.37. The average Bonchev–Trinajstić information content (AvgIpc) is 3.33. The van der Waals surface area contributed by atoms with Crippen LogP contribution in [-0.2, 0) is 20.7 Å². The molecule has 0 saturated heterocycles. The molecule has 0 spiro atoms. The highest BCUT2D eigenvalue weighted by molar-refractivity contribution is 5.83. The molecular formula is C17H23NO4. The maximum absolute atomic E-state index is 11.7. The van der Waals surface area contributed by atoms with Crippen molar-refractivity contribution in [1.29, 1.82) is 0 Å². The molecule has 0 aromatic heterocycles. The summed E-state index contributed by atoms with van der Waals surface area (Å²) in [4.78, 5) is 22.7. The summed E-state index contributed by atoms with van der Waals surface area (Å²) in [5.41, 5.74) is 1.23. The fraction of sp³-hybridized carbons (Fsp3) is 0.529. The van der Waals surface area contributed by atoms with Crippen molar-refractivity contribution in [3.05, 3.63) is 35.9 Å². The number of carboxylic acids is 1. The van der Waals surface area contributed by atoms with E-state index in [1.807, 2.05) is 18.2 Å². The van der Waals surface area contributed by atoms with Gasteiger partial charge >= 0.3 is 5.97 Å². The molecule has 1 aromatic carbocycles. The molecule has 1 amide bonds. The van der Waals surface area contributed by atoms with Gasteiger partial charge in [0.05, 0.1) is 6.61 Å². The monoisotopic (exact) mass is 305 g/mol. The third-order valence-electron chi connectivity index (χ3n) is 3.75. The molecule has 120 valence electrons. The number of carbonyl (C=O) groups excluding carboxylic acids is 1. The Morgan fingerprint density at radius 3 is 2.59 bits per heavy atom. The summed E-state index contributed by atoms with van der Waals surface area (Å²) in [6.45, 7) is 1.15. The fourth-order valence-corrected chi connectivity index (χ4v) is 2.33. The predicted octanol–water partition coefficient (Wildman–Crippen LogP) is 2.01. The van der Waals surface area contributed by atoms with Crippen LogP contribution in [0.1, 0.15) is 31.2 Å². The maximum atomic E-state index is 11.7. The molecule has 1 atom stereocenters. The van der Waals surface area contributed by atoms with E-state index in [2.05, 4.69) is 17.4 Å². The third-order valence-corrected chi connectivity index (χ3v) is 3.75. The number of benzene rings is 1. The number of hydrogen-bond donors (Lipinski definition) is 2. The largest absolute Gasteiger partial charge is 0.480 e. The van der Waals surface area contributed by atoms with E-state index < -0.39 is 12.0 Å². The van der Waals surface area contributed by atoms with Crippen LogP contribution >= 0.6 is 0 Å². The number of nitrogens with one attached hydrogen (secondary N) is 1. The van der Waals surface area contributed by atoms with Gasteiger partial charge < -0.3 is 15.2 Å². The molecule has 0 heterocycles. The second-order valence-corrected chi connectivity index (χ2v) is 5.67. The molecule has 0 radical (unpaired) electrons. The molecular weight excluding hydrogens is 282 g/mol. The number of carboxylic acid groups (broad SMARTS) is 1. The number of amides is 1. The van der Waals surface area contributed by atoms with E-state index in [-0.39, 0.29) is 11.8 Å². The summed E-state index contributed by atoms with van der Waals surface area (Å²) in [6.07, 6.45) is 3.55. The lowest BCUT2D eigenvalue weighted by atomic mass is 10.1. The molecule has 1 aliphatic carbocycles. The Balaban J connectivity index is 1.52. The van der Waals surface area contributed by atoms with Gasteiger partial charge in [-0.25, -0.2) is 4.79 Å². The Morgan fingerprint density at radius 2 is 1.95 bits per heavy atom. The molecule has 2 rings (SSSR count). The first-order chi connectivity index (χ1) is 10.7. The van der Waals surface area contributed by atoms with Gasteiger partial charge in [-0.15, -0.1) is 0 Å². The van der Waals surface area contributed by atoms with Gasteiger partial charge in [0.1, 0.15) is 6.04 Å². The van der Waals surface area contributed by atoms with Crippen LogP contribution in [0.4, 0.5) is 0 Å². The zero-order chi connectivity index (χ0) is 15.8. The SMILES string of the molecule is O=C(CCCOCCc1ccccc1)NC(C(=O)O)C1CC1. The second kappa shape index (κ2) is 8.54. The van der Waals surface area contributed by atoms with Crippen molar-refractivity contribution < 1.29 is 19.4 Å². The van der Waals surface area contributed by atoms with Gasteiger partial charge in [0, 0.05) is 13.0 Å². The highest BCUT2D eigenvalue weighted by Crippen LogP contribution is 2.32. The normalized spacial score (nSPS) is 15.3. The van der Waals surface area contributed by atoms with E-state index in [0.29, 0.717) is 26.1 Å². The Bertz CT molecular complexity index is 485. The van der Waals surface area contributed by atoms with Crippen molar-refractivity contribution in [2.45, 2.75) is 38.1 Å².